The molecule has 0 saturated carbocycles. The van der Waals surface area contributed by atoms with Gasteiger partial charge in [-0.3, -0.25) is 0 Å². The standard InChI is InChI=1S/C9H10S2/c10-7-1-2-8-3-5-9(11)6-4-8/h1-6,10-11H,7H2. The van der Waals surface area contributed by atoms with Crippen LogP contribution in [0.15, 0.2) is 35.2 Å². The molecule has 1 rings (SSSR count). The van der Waals surface area contributed by atoms with Crippen LogP contribution in [0.5, 0.6) is 0 Å². The van der Waals surface area contributed by atoms with E-state index in [1.54, 1.807) is 0 Å². The Kier molecular flexibility index (Phi) is 3.60. The molecule has 0 heterocycles. The van der Waals surface area contributed by atoms with Crippen LogP contribution in [0.1, 0.15) is 5.56 Å². The minimum Gasteiger partial charge on any atom is -0.175 e. The maximum Gasteiger partial charge on any atom is 0.00858 e. The van der Waals surface area contributed by atoms with E-state index in [-0.39, 0.29) is 0 Å². The van der Waals surface area contributed by atoms with Crippen molar-refractivity contribution in [2.45, 2.75) is 4.90 Å². The van der Waals surface area contributed by atoms with Crippen LogP contribution in [-0.2, 0) is 0 Å². The third-order valence-electron chi connectivity index (χ3n) is 1.31. The summed E-state index contributed by atoms with van der Waals surface area (Å²) in [5.74, 6) is 0.780. The first-order chi connectivity index (χ1) is 5.33. The van der Waals surface area contributed by atoms with Crippen molar-refractivity contribution in [3.8, 4) is 0 Å². The van der Waals surface area contributed by atoms with E-state index in [2.05, 4.69) is 25.3 Å². The van der Waals surface area contributed by atoms with Gasteiger partial charge in [0.2, 0.25) is 0 Å². The molecule has 0 aliphatic heterocycles. The lowest BCUT2D eigenvalue weighted by molar-refractivity contribution is 1.46. The number of rotatable bonds is 2. The average Bonchev–Trinajstić information content (AvgIpc) is 2.04. The number of benzene rings is 1. The van der Waals surface area contributed by atoms with Gasteiger partial charge in [0.25, 0.3) is 0 Å². The van der Waals surface area contributed by atoms with Crippen LogP contribution in [0.25, 0.3) is 6.08 Å². The Morgan fingerprint density at radius 2 is 1.82 bits per heavy atom. The first kappa shape index (κ1) is 8.75. The Labute approximate surface area is 78.1 Å². The lowest BCUT2D eigenvalue weighted by Gasteiger charge is -1.92. The van der Waals surface area contributed by atoms with Gasteiger partial charge in [0, 0.05) is 10.6 Å². The quantitative estimate of drug-likeness (QED) is 0.646. The highest BCUT2D eigenvalue weighted by Gasteiger charge is 1.84. The lowest BCUT2D eigenvalue weighted by Crippen LogP contribution is -1.70. The largest absolute Gasteiger partial charge is 0.175 e. The summed E-state index contributed by atoms with van der Waals surface area (Å²) >= 11 is 8.25. The molecule has 0 saturated heterocycles. The molecule has 0 unspecified atom stereocenters. The maximum absolute atomic E-state index is 4.18. The molecule has 0 bridgehead atoms. The Balaban J connectivity index is 2.73. The van der Waals surface area contributed by atoms with Gasteiger partial charge in [-0.15, -0.1) is 12.6 Å². The first-order valence-corrected chi connectivity index (χ1v) is 4.47. The molecule has 11 heavy (non-hydrogen) atoms. The summed E-state index contributed by atoms with van der Waals surface area (Å²) in [6.45, 7) is 0. The van der Waals surface area contributed by atoms with Gasteiger partial charge in [-0.25, -0.2) is 0 Å². The van der Waals surface area contributed by atoms with Crippen LogP contribution in [0.4, 0.5) is 0 Å². The predicted octanol–water partition coefficient (Wildman–Crippen LogP) is 2.92. The van der Waals surface area contributed by atoms with E-state index in [1.165, 1.54) is 5.56 Å². The van der Waals surface area contributed by atoms with Crippen molar-refractivity contribution >= 4 is 31.3 Å². The van der Waals surface area contributed by atoms with Crippen molar-refractivity contribution in [2.24, 2.45) is 0 Å². The summed E-state index contributed by atoms with van der Waals surface area (Å²) in [6.07, 6.45) is 4.05. The van der Waals surface area contributed by atoms with Crippen LogP contribution in [0.2, 0.25) is 0 Å². The fraction of sp³-hybridized carbons (Fsp3) is 0.111. The van der Waals surface area contributed by atoms with Gasteiger partial charge in [-0.05, 0) is 17.7 Å². The number of hydrogen-bond donors (Lipinski definition) is 2. The van der Waals surface area contributed by atoms with Gasteiger partial charge in [0.1, 0.15) is 0 Å². The molecule has 0 nitrogen and oxygen atoms in total. The summed E-state index contributed by atoms with van der Waals surface area (Å²) in [7, 11) is 0. The molecule has 0 fully saturated rings. The monoisotopic (exact) mass is 182 g/mol. The molecule has 0 aliphatic carbocycles. The second-order valence-corrected chi connectivity index (χ2v) is 3.06. The summed E-state index contributed by atoms with van der Waals surface area (Å²) in [6, 6.07) is 8.01. The van der Waals surface area contributed by atoms with E-state index in [0.29, 0.717) is 0 Å². The zero-order chi connectivity index (χ0) is 8.10. The Bertz CT molecular complexity index is 236. The van der Waals surface area contributed by atoms with E-state index in [9.17, 15) is 0 Å². The van der Waals surface area contributed by atoms with Crippen LogP contribution in [0.3, 0.4) is 0 Å². The molecule has 1 aromatic carbocycles. The van der Waals surface area contributed by atoms with E-state index in [0.717, 1.165) is 10.6 Å². The van der Waals surface area contributed by atoms with E-state index < -0.39 is 0 Å². The molecular formula is C9H10S2. The Morgan fingerprint density at radius 3 is 2.36 bits per heavy atom. The highest BCUT2D eigenvalue weighted by Crippen LogP contribution is 2.08. The average molecular weight is 182 g/mol. The van der Waals surface area contributed by atoms with Crippen molar-refractivity contribution in [3.63, 3.8) is 0 Å². The fourth-order valence-electron chi connectivity index (χ4n) is 0.774. The van der Waals surface area contributed by atoms with Crippen molar-refractivity contribution in [2.75, 3.05) is 5.75 Å². The summed E-state index contributed by atoms with van der Waals surface area (Å²) in [4.78, 5) is 0.994. The normalized spacial score (nSPS) is 10.7. The zero-order valence-corrected chi connectivity index (χ0v) is 7.85. The van der Waals surface area contributed by atoms with Crippen LogP contribution < -0.4 is 0 Å². The van der Waals surface area contributed by atoms with E-state index >= 15 is 0 Å². The van der Waals surface area contributed by atoms with Crippen molar-refractivity contribution in [1.29, 1.82) is 0 Å². The summed E-state index contributed by atoms with van der Waals surface area (Å²) in [5.41, 5.74) is 1.19. The predicted molar refractivity (Wildman–Crippen MR) is 56.6 cm³/mol. The molecular weight excluding hydrogens is 172 g/mol. The van der Waals surface area contributed by atoms with Gasteiger partial charge in [0.15, 0.2) is 0 Å². The van der Waals surface area contributed by atoms with E-state index in [1.807, 2.05) is 36.4 Å². The number of hydrogen-bond acceptors (Lipinski definition) is 2. The van der Waals surface area contributed by atoms with E-state index in [4.69, 9.17) is 0 Å². The molecule has 58 valence electrons. The molecule has 1 aromatic rings. The molecule has 0 N–H and O–H groups in total. The van der Waals surface area contributed by atoms with Gasteiger partial charge in [-0.1, -0.05) is 24.3 Å². The van der Waals surface area contributed by atoms with Gasteiger partial charge in [-0.2, -0.15) is 12.6 Å². The molecule has 0 aliphatic rings. The summed E-state index contributed by atoms with van der Waals surface area (Å²) < 4.78 is 0. The molecule has 0 spiro atoms. The highest BCUT2D eigenvalue weighted by molar-refractivity contribution is 7.80. The molecule has 0 radical (unpaired) electrons. The first-order valence-electron chi connectivity index (χ1n) is 3.39. The number of thiol groups is 2. The minimum absolute atomic E-state index is 0.780. The van der Waals surface area contributed by atoms with Crippen molar-refractivity contribution in [3.05, 3.63) is 35.9 Å². The topological polar surface area (TPSA) is 0 Å². The fourth-order valence-corrected chi connectivity index (χ4v) is 1.03. The van der Waals surface area contributed by atoms with Gasteiger partial charge >= 0.3 is 0 Å². The minimum atomic E-state index is 0.780. The molecule has 2 heteroatoms. The maximum atomic E-state index is 4.18. The molecule has 0 aromatic heterocycles. The Hall–Kier alpha value is -0.340. The van der Waals surface area contributed by atoms with Gasteiger partial charge in [0.05, 0.1) is 0 Å². The SMILES string of the molecule is SCC=Cc1ccc(S)cc1. The summed E-state index contributed by atoms with van der Waals surface area (Å²) in [5, 5.41) is 0. The van der Waals surface area contributed by atoms with Crippen LogP contribution in [-0.4, -0.2) is 5.75 Å². The van der Waals surface area contributed by atoms with Crippen molar-refractivity contribution in [1.82, 2.24) is 0 Å². The van der Waals surface area contributed by atoms with Crippen molar-refractivity contribution < 1.29 is 0 Å². The highest BCUT2D eigenvalue weighted by atomic mass is 32.1. The molecule has 0 atom stereocenters. The van der Waals surface area contributed by atoms with Gasteiger partial charge < -0.3 is 0 Å². The zero-order valence-electron chi connectivity index (χ0n) is 6.07. The lowest BCUT2D eigenvalue weighted by atomic mass is 10.2. The van der Waals surface area contributed by atoms with Crippen LogP contribution in [0, 0.1) is 0 Å². The Morgan fingerprint density at radius 1 is 1.18 bits per heavy atom. The molecule has 0 amide bonds. The third-order valence-corrected chi connectivity index (χ3v) is 1.82. The third kappa shape index (κ3) is 3.04. The van der Waals surface area contributed by atoms with Crippen LogP contribution >= 0.6 is 25.3 Å². The second-order valence-electron chi connectivity index (χ2n) is 2.18. The second kappa shape index (κ2) is 4.52. The smallest absolute Gasteiger partial charge is 0.00858 e.